The van der Waals surface area contributed by atoms with E-state index in [1.165, 1.54) is 12.1 Å². The summed E-state index contributed by atoms with van der Waals surface area (Å²) in [6.45, 7) is 0.287. The van der Waals surface area contributed by atoms with E-state index in [1.54, 1.807) is 42.5 Å². The Morgan fingerprint density at radius 2 is 1.81 bits per heavy atom. The molecular weight excluding hydrogens is 367 g/mol. The van der Waals surface area contributed by atoms with Gasteiger partial charge < -0.3 is 9.47 Å². The first kappa shape index (κ1) is 17.3. The van der Waals surface area contributed by atoms with Gasteiger partial charge in [0.15, 0.2) is 5.76 Å². The Balaban J connectivity index is 1.52. The SMILES string of the molecule is O=C1C(=Cc2ccccc2Cl)Oc2cc(OCc3ccc(F)cc3)ccc21. The summed E-state index contributed by atoms with van der Waals surface area (Å²) in [5.74, 6) is 0.726. The average molecular weight is 381 g/mol. The number of carbonyl (C=O) groups excluding carboxylic acids is 1. The topological polar surface area (TPSA) is 35.5 Å². The lowest BCUT2D eigenvalue weighted by atomic mass is 10.1. The fraction of sp³-hybridized carbons (Fsp3) is 0.0455. The van der Waals surface area contributed by atoms with Crippen LogP contribution in [0.25, 0.3) is 6.08 Å². The first-order chi connectivity index (χ1) is 13.1. The molecule has 0 N–H and O–H groups in total. The molecule has 0 radical (unpaired) electrons. The molecule has 4 rings (SSSR count). The third-order valence-electron chi connectivity index (χ3n) is 4.15. The first-order valence-electron chi connectivity index (χ1n) is 8.30. The van der Waals surface area contributed by atoms with Crippen LogP contribution in [0.2, 0.25) is 5.02 Å². The van der Waals surface area contributed by atoms with Crippen LogP contribution in [0.3, 0.4) is 0 Å². The lowest BCUT2D eigenvalue weighted by Crippen LogP contribution is -1.98. The van der Waals surface area contributed by atoms with Gasteiger partial charge in [-0.1, -0.05) is 41.9 Å². The van der Waals surface area contributed by atoms with Crippen LogP contribution in [0.4, 0.5) is 4.39 Å². The van der Waals surface area contributed by atoms with Crippen molar-refractivity contribution in [2.24, 2.45) is 0 Å². The Kier molecular flexibility index (Phi) is 4.65. The van der Waals surface area contributed by atoms with E-state index in [0.29, 0.717) is 27.6 Å². The highest BCUT2D eigenvalue weighted by Gasteiger charge is 2.27. The molecule has 0 fully saturated rings. The van der Waals surface area contributed by atoms with E-state index >= 15 is 0 Å². The third-order valence-corrected chi connectivity index (χ3v) is 4.50. The predicted molar refractivity (Wildman–Crippen MR) is 102 cm³/mol. The Labute approximate surface area is 160 Å². The van der Waals surface area contributed by atoms with Crippen LogP contribution in [0.1, 0.15) is 21.5 Å². The highest BCUT2D eigenvalue weighted by Crippen LogP contribution is 2.35. The number of ketones is 1. The zero-order valence-corrected chi connectivity index (χ0v) is 14.9. The second kappa shape index (κ2) is 7.25. The van der Waals surface area contributed by atoms with Gasteiger partial charge in [0.2, 0.25) is 5.78 Å². The van der Waals surface area contributed by atoms with Crippen LogP contribution >= 0.6 is 11.6 Å². The third kappa shape index (κ3) is 3.71. The molecule has 0 amide bonds. The number of benzene rings is 3. The van der Waals surface area contributed by atoms with Gasteiger partial charge in [0.25, 0.3) is 0 Å². The van der Waals surface area contributed by atoms with Crippen molar-refractivity contribution in [2.75, 3.05) is 0 Å². The Morgan fingerprint density at radius 3 is 2.59 bits per heavy atom. The first-order valence-corrected chi connectivity index (χ1v) is 8.68. The van der Waals surface area contributed by atoms with Crippen molar-refractivity contribution in [3.05, 3.63) is 100 Å². The minimum Gasteiger partial charge on any atom is -0.489 e. The largest absolute Gasteiger partial charge is 0.489 e. The van der Waals surface area contributed by atoms with Crippen molar-refractivity contribution in [3.63, 3.8) is 0 Å². The van der Waals surface area contributed by atoms with Crippen LogP contribution in [-0.4, -0.2) is 5.78 Å². The molecule has 0 saturated carbocycles. The minimum absolute atomic E-state index is 0.199. The maximum Gasteiger partial charge on any atom is 0.231 e. The van der Waals surface area contributed by atoms with Crippen LogP contribution < -0.4 is 9.47 Å². The van der Waals surface area contributed by atoms with Gasteiger partial charge >= 0.3 is 0 Å². The summed E-state index contributed by atoms with van der Waals surface area (Å²) < 4.78 is 24.4. The number of allylic oxidation sites excluding steroid dienone is 1. The molecule has 0 aliphatic carbocycles. The van der Waals surface area contributed by atoms with Gasteiger partial charge in [-0.25, -0.2) is 4.39 Å². The number of ether oxygens (including phenoxy) is 2. The predicted octanol–water partition coefficient (Wildman–Crippen LogP) is 5.67. The second-order valence-corrected chi connectivity index (χ2v) is 6.44. The summed E-state index contributed by atoms with van der Waals surface area (Å²) in [6, 6.07) is 18.4. The van der Waals surface area contributed by atoms with Crippen molar-refractivity contribution < 1.29 is 18.7 Å². The number of hydrogen-bond acceptors (Lipinski definition) is 3. The second-order valence-electron chi connectivity index (χ2n) is 6.03. The molecule has 1 aliphatic heterocycles. The number of Topliss-reactive ketones (excluding diaryl/α,β-unsaturated/α-hetero) is 1. The van der Waals surface area contributed by atoms with Gasteiger partial charge in [0, 0.05) is 11.1 Å². The van der Waals surface area contributed by atoms with Crippen molar-refractivity contribution in [3.8, 4) is 11.5 Å². The zero-order chi connectivity index (χ0) is 18.8. The summed E-state index contributed by atoms with van der Waals surface area (Å²) in [4.78, 5) is 12.5. The molecule has 0 aromatic heterocycles. The van der Waals surface area contributed by atoms with Gasteiger partial charge in [-0.15, -0.1) is 0 Å². The summed E-state index contributed by atoms with van der Waals surface area (Å²) in [5, 5.41) is 0.542. The normalized spacial score (nSPS) is 14.1. The van der Waals surface area contributed by atoms with Crippen LogP contribution in [0.5, 0.6) is 11.5 Å². The summed E-state index contributed by atoms with van der Waals surface area (Å²) in [6.07, 6.45) is 1.63. The van der Waals surface area contributed by atoms with E-state index in [2.05, 4.69) is 0 Å². The maximum atomic E-state index is 13.0. The number of halogens is 2. The molecule has 1 aliphatic rings. The molecule has 0 atom stereocenters. The van der Waals surface area contributed by atoms with Crippen LogP contribution in [0.15, 0.2) is 72.5 Å². The fourth-order valence-corrected chi connectivity index (χ4v) is 2.93. The monoisotopic (exact) mass is 380 g/mol. The van der Waals surface area contributed by atoms with E-state index in [-0.39, 0.29) is 24.0 Å². The molecule has 3 aromatic carbocycles. The zero-order valence-electron chi connectivity index (χ0n) is 14.1. The number of carbonyl (C=O) groups is 1. The summed E-state index contributed by atoms with van der Waals surface area (Å²) >= 11 is 6.14. The lowest BCUT2D eigenvalue weighted by molar-refractivity contribution is 0.101. The molecule has 0 spiro atoms. The fourth-order valence-electron chi connectivity index (χ4n) is 2.74. The van der Waals surface area contributed by atoms with Gasteiger partial charge in [0.1, 0.15) is 23.9 Å². The van der Waals surface area contributed by atoms with E-state index in [0.717, 1.165) is 5.56 Å². The summed E-state index contributed by atoms with van der Waals surface area (Å²) in [7, 11) is 0. The van der Waals surface area contributed by atoms with Gasteiger partial charge in [-0.2, -0.15) is 0 Å². The molecule has 0 saturated heterocycles. The van der Waals surface area contributed by atoms with Crippen molar-refractivity contribution >= 4 is 23.5 Å². The lowest BCUT2D eigenvalue weighted by Gasteiger charge is -2.07. The average Bonchev–Trinajstić information content (AvgIpc) is 2.98. The smallest absolute Gasteiger partial charge is 0.231 e. The van der Waals surface area contributed by atoms with E-state index < -0.39 is 0 Å². The quantitative estimate of drug-likeness (QED) is 0.547. The number of hydrogen-bond donors (Lipinski definition) is 0. The molecule has 3 nitrogen and oxygen atoms in total. The van der Waals surface area contributed by atoms with Crippen molar-refractivity contribution in [1.29, 1.82) is 0 Å². The number of fused-ring (bicyclic) bond motifs is 1. The molecule has 27 heavy (non-hydrogen) atoms. The van der Waals surface area contributed by atoms with Crippen LogP contribution in [-0.2, 0) is 6.61 Å². The van der Waals surface area contributed by atoms with Gasteiger partial charge in [0.05, 0.1) is 5.56 Å². The number of rotatable bonds is 4. The van der Waals surface area contributed by atoms with Crippen molar-refractivity contribution in [1.82, 2.24) is 0 Å². The molecular formula is C22H14ClFO3. The summed E-state index contributed by atoms with van der Waals surface area (Å²) in [5.41, 5.74) is 2.03. The molecule has 3 aromatic rings. The maximum absolute atomic E-state index is 13.0. The van der Waals surface area contributed by atoms with Gasteiger partial charge in [-0.3, -0.25) is 4.79 Å². The minimum atomic E-state index is -0.291. The van der Waals surface area contributed by atoms with E-state index in [4.69, 9.17) is 21.1 Å². The molecule has 134 valence electrons. The van der Waals surface area contributed by atoms with Gasteiger partial charge in [-0.05, 0) is 47.5 Å². The van der Waals surface area contributed by atoms with E-state index in [1.807, 2.05) is 18.2 Å². The standard InChI is InChI=1S/C22H14ClFO3/c23-19-4-2-1-3-15(19)11-21-22(25)18-10-9-17(12-20(18)27-21)26-13-14-5-7-16(24)8-6-14/h1-12H,13H2. The molecule has 0 unspecified atom stereocenters. The molecule has 1 heterocycles. The van der Waals surface area contributed by atoms with Crippen LogP contribution in [0, 0.1) is 5.82 Å². The Bertz CT molecular complexity index is 1040. The van der Waals surface area contributed by atoms with Crippen molar-refractivity contribution in [2.45, 2.75) is 6.61 Å². The Hall–Kier alpha value is -3.11. The highest BCUT2D eigenvalue weighted by molar-refractivity contribution is 6.32. The Morgan fingerprint density at radius 1 is 1.04 bits per heavy atom. The van der Waals surface area contributed by atoms with E-state index in [9.17, 15) is 9.18 Å². The molecule has 5 heteroatoms. The molecule has 0 bridgehead atoms. The highest BCUT2D eigenvalue weighted by atomic mass is 35.5.